The molecule has 0 radical (unpaired) electrons. The van der Waals surface area contributed by atoms with E-state index in [1.807, 2.05) is 19.1 Å². The molecule has 0 aliphatic carbocycles. The van der Waals surface area contributed by atoms with Gasteiger partial charge in [-0.05, 0) is 36.2 Å². The van der Waals surface area contributed by atoms with Crippen LogP contribution in [0.2, 0.25) is 0 Å². The molecule has 1 N–H and O–H groups in total. The molecule has 0 unspecified atom stereocenters. The average molecular weight is 230 g/mol. The Morgan fingerprint density at radius 2 is 2.19 bits per heavy atom. The molecule has 2 aromatic rings. The van der Waals surface area contributed by atoms with Gasteiger partial charge in [-0.15, -0.1) is 0 Å². The third-order valence-electron chi connectivity index (χ3n) is 2.18. The Bertz CT molecular complexity index is 513. The molecule has 16 heavy (non-hydrogen) atoms. The normalized spacial score (nSPS) is 9.75. The van der Waals surface area contributed by atoms with Gasteiger partial charge in [0.1, 0.15) is 16.6 Å². The van der Waals surface area contributed by atoms with Crippen LogP contribution >= 0.6 is 11.5 Å². The van der Waals surface area contributed by atoms with Crippen LogP contribution in [0.25, 0.3) is 0 Å². The molecule has 5 heteroatoms. The molecule has 0 aliphatic rings. The Labute approximate surface area is 97.7 Å². The van der Waals surface area contributed by atoms with E-state index in [1.54, 1.807) is 12.4 Å². The van der Waals surface area contributed by atoms with Crippen molar-refractivity contribution in [2.75, 3.05) is 5.32 Å². The first-order valence-electron chi connectivity index (χ1n) is 4.80. The molecule has 0 saturated carbocycles. The van der Waals surface area contributed by atoms with Gasteiger partial charge in [-0.2, -0.15) is 9.64 Å². The standard InChI is InChI=1S/C11H10N4S/c1-8-10(6-12)11(16-15-8)14-7-9-2-4-13-5-3-9/h2-5,14H,7H2,1H3. The van der Waals surface area contributed by atoms with Crippen molar-refractivity contribution in [1.82, 2.24) is 9.36 Å². The van der Waals surface area contributed by atoms with Gasteiger partial charge in [0.05, 0.1) is 5.69 Å². The highest BCUT2D eigenvalue weighted by molar-refractivity contribution is 7.10. The van der Waals surface area contributed by atoms with Gasteiger partial charge < -0.3 is 5.32 Å². The smallest absolute Gasteiger partial charge is 0.127 e. The van der Waals surface area contributed by atoms with Crippen LogP contribution in [0.4, 0.5) is 5.00 Å². The van der Waals surface area contributed by atoms with Gasteiger partial charge >= 0.3 is 0 Å². The fourth-order valence-corrected chi connectivity index (χ4v) is 2.05. The SMILES string of the molecule is Cc1nsc(NCc2ccncc2)c1C#N. The predicted molar refractivity (Wildman–Crippen MR) is 63.1 cm³/mol. The van der Waals surface area contributed by atoms with Crippen molar-refractivity contribution in [3.05, 3.63) is 41.3 Å². The van der Waals surface area contributed by atoms with Gasteiger partial charge in [0.25, 0.3) is 0 Å². The Kier molecular flexibility index (Phi) is 3.13. The van der Waals surface area contributed by atoms with Crippen molar-refractivity contribution in [2.45, 2.75) is 13.5 Å². The van der Waals surface area contributed by atoms with Crippen LogP contribution < -0.4 is 5.32 Å². The van der Waals surface area contributed by atoms with E-state index >= 15 is 0 Å². The first kappa shape index (κ1) is 10.6. The molecule has 0 fully saturated rings. The number of aromatic nitrogens is 2. The molecule has 0 aromatic carbocycles. The molecular weight excluding hydrogens is 220 g/mol. The number of pyridine rings is 1. The lowest BCUT2D eigenvalue weighted by atomic mass is 10.2. The van der Waals surface area contributed by atoms with E-state index in [9.17, 15) is 0 Å². The molecule has 0 saturated heterocycles. The minimum absolute atomic E-state index is 0.638. The van der Waals surface area contributed by atoms with Crippen LogP contribution in [0.3, 0.4) is 0 Å². The van der Waals surface area contributed by atoms with Crippen LogP contribution in [0, 0.1) is 18.3 Å². The van der Waals surface area contributed by atoms with E-state index in [-0.39, 0.29) is 0 Å². The number of aryl methyl sites for hydroxylation is 1. The topological polar surface area (TPSA) is 61.6 Å². The van der Waals surface area contributed by atoms with Crippen LogP contribution in [0.15, 0.2) is 24.5 Å². The lowest BCUT2D eigenvalue weighted by Crippen LogP contribution is -1.99. The zero-order valence-electron chi connectivity index (χ0n) is 8.77. The number of nitriles is 1. The van der Waals surface area contributed by atoms with Crippen molar-refractivity contribution < 1.29 is 0 Å². The largest absolute Gasteiger partial charge is 0.370 e. The average Bonchev–Trinajstić information content (AvgIpc) is 2.68. The maximum absolute atomic E-state index is 8.95. The van der Waals surface area contributed by atoms with E-state index in [0.29, 0.717) is 12.1 Å². The molecule has 0 amide bonds. The van der Waals surface area contributed by atoms with Crippen LogP contribution in [0.1, 0.15) is 16.8 Å². The first-order valence-corrected chi connectivity index (χ1v) is 5.57. The molecule has 2 aromatic heterocycles. The van der Waals surface area contributed by atoms with Gasteiger partial charge in [-0.3, -0.25) is 4.98 Å². The quantitative estimate of drug-likeness (QED) is 0.879. The Hall–Kier alpha value is -1.93. The summed E-state index contributed by atoms with van der Waals surface area (Å²) in [5.41, 5.74) is 2.55. The molecule has 80 valence electrons. The third-order valence-corrected chi connectivity index (χ3v) is 3.07. The van der Waals surface area contributed by atoms with Crippen molar-refractivity contribution >= 4 is 16.5 Å². The minimum Gasteiger partial charge on any atom is -0.370 e. The number of anilines is 1. The van der Waals surface area contributed by atoms with Gasteiger partial charge in [-0.25, -0.2) is 0 Å². The van der Waals surface area contributed by atoms with Gasteiger partial charge in [-0.1, -0.05) is 0 Å². The van der Waals surface area contributed by atoms with Gasteiger partial charge in [0.15, 0.2) is 0 Å². The van der Waals surface area contributed by atoms with E-state index in [1.165, 1.54) is 11.5 Å². The maximum Gasteiger partial charge on any atom is 0.127 e. The summed E-state index contributed by atoms with van der Waals surface area (Å²) in [6, 6.07) is 6.03. The molecule has 0 aliphatic heterocycles. The molecule has 2 heterocycles. The second-order valence-corrected chi connectivity index (χ2v) is 4.07. The molecule has 4 nitrogen and oxygen atoms in total. The molecule has 0 spiro atoms. The summed E-state index contributed by atoms with van der Waals surface area (Å²) in [6.45, 7) is 2.52. The second-order valence-electron chi connectivity index (χ2n) is 3.29. The zero-order valence-corrected chi connectivity index (χ0v) is 9.58. The van der Waals surface area contributed by atoms with Crippen LogP contribution in [-0.4, -0.2) is 9.36 Å². The van der Waals surface area contributed by atoms with Crippen molar-refractivity contribution in [3.8, 4) is 6.07 Å². The number of hydrogen-bond acceptors (Lipinski definition) is 5. The fourth-order valence-electron chi connectivity index (χ4n) is 1.31. The Balaban J connectivity index is 2.09. The second kappa shape index (κ2) is 4.73. The fraction of sp³-hybridized carbons (Fsp3) is 0.182. The Morgan fingerprint density at radius 3 is 2.88 bits per heavy atom. The van der Waals surface area contributed by atoms with Crippen LogP contribution in [-0.2, 0) is 6.54 Å². The Morgan fingerprint density at radius 1 is 1.44 bits per heavy atom. The van der Waals surface area contributed by atoms with Crippen LogP contribution in [0.5, 0.6) is 0 Å². The summed E-state index contributed by atoms with van der Waals surface area (Å²) >= 11 is 1.32. The summed E-state index contributed by atoms with van der Waals surface area (Å²) in [4.78, 5) is 3.95. The summed E-state index contributed by atoms with van der Waals surface area (Å²) < 4.78 is 4.14. The number of nitrogens with zero attached hydrogens (tertiary/aromatic N) is 3. The number of nitrogens with one attached hydrogen (secondary N) is 1. The molecule has 0 atom stereocenters. The molecule has 2 rings (SSSR count). The third kappa shape index (κ3) is 2.18. The number of hydrogen-bond donors (Lipinski definition) is 1. The summed E-state index contributed by atoms with van der Waals surface area (Å²) in [7, 11) is 0. The van der Waals surface area contributed by atoms with E-state index < -0.39 is 0 Å². The van der Waals surface area contributed by atoms with E-state index in [0.717, 1.165) is 16.3 Å². The van der Waals surface area contributed by atoms with Crippen molar-refractivity contribution in [3.63, 3.8) is 0 Å². The number of rotatable bonds is 3. The molecule has 0 bridgehead atoms. The van der Waals surface area contributed by atoms with E-state index in [4.69, 9.17) is 5.26 Å². The van der Waals surface area contributed by atoms with Gasteiger partial charge in [0, 0.05) is 18.9 Å². The highest BCUT2D eigenvalue weighted by Crippen LogP contribution is 2.23. The van der Waals surface area contributed by atoms with Crippen molar-refractivity contribution in [1.29, 1.82) is 5.26 Å². The lowest BCUT2D eigenvalue weighted by Gasteiger charge is -2.03. The summed E-state index contributed by atoms with van der Waals surface area (Å²) in [5, 5.41) is 13.0. The minimum atomic E-state index is 0.638. The van der Waals surface area contributed by atoms with E-state index in [2.05, 4.69) is 20.7 Å². The highest BCUT2D eigenvalue weighted by atomic mass is 32.1. The summed E-state index contributed by atoms with van der Waals surface area (Å²) in [5.74, 6) is 0. The maximum atomic E-state index is 8.95. The monoisotopic (exact) mass is 230 g/mol. The first-order chi connectivity index (χ1) is 7.81. The van der Waals surface area contributed by atoms with Crippen molar-refractivity contribution in [2.24, 2.45) is 0 Å². The molecular formula is C11H10N4S. The summed E-state index contributed by atoms with van der Waals surface area (Å²) in [6.07, 6.45) is 3.50. The predicted octanol–water partition coefficient (Wildman–Crippen LogP) is 2.33. The van der Waals surface area contributed by atoms with Gasteiger partial charge in [0.2, 0.25) is 0 Å². The zero-order chi connectivity index (χ0) is 11.4. The highest BCUT2D eigenvalue weighted by Gasteiger charge is 2.08. The lowest BCUT2D eigenvalue weighted by molar-refractivity contribution is 1.13.